The molecule has 0 aliphatic heterocycles. The van der Waals surface area contributed by atoms with Crippen LogP contribution in [0, 0.1) is 0 Å². The van der Waals surface area contributed by atoms with E-state index in [1.807, 2.05) is 0 Å². The quantitative estimate of drug-likeness (QED) is 0.534. The Bertz CT molecular complexity index is 581. The summed E-state index contributed by atoms with van der Waals surface area (Å²) in [5.74, 6) is 0.449. The number of fused-ring (bicyclic) bond motifs is 3. The lowest BCUT2D eigenvalue weighted by Crippen LogP contribution is -1.93. The number of hydrogen-bond acceptors (Lipinski definition) is 4. The van der Waals surface area contributed by atoms with Gasteiger partial charge in [-0.3, -0.25) is 0 Å². The minimum absolute atomic E-state index is 0.355. The van der Waals surface area contributed by atoms with Gasteiger partial charge in [0, 0.05) is 0 Å². The van der Waals surface area contributed by atoms with Gasteiger partial charge in [0.1, 0.15) is 11.8 Å². The second-order valence-electron chi connectivity index (χ2n) is 2.48. The Labute approximate surface area is 76.6 Å². The summed E-state index contributed by atoms with van der Waals surface area (Å²) in [5.41, 5.74) is 1.30. The van der Waals surface area contributed by atoms with Crippen LogP contribution in [0.5, 0.6) is 0 Å². The monoisotopic (exact) mass is 194 g/mol. The van der Waals surface area contributed by atoms with Crippen LogP contribution in [-0.2, 0) is 0 Å². The van der Waals surface area contributed by atoms with Gasteiger partial charge in [-0.15, -0.1) is 0 Å². The van der Waals surface area contributed by atoms with Crippen molar-refractivity contribution < 1.29 is 0 Å². The average molecular weight is 195 g/mol. The van der Waals surface area contributed by atoms with Gasteiger partial charge in [0.2, 0.25) is 0 Å². The lowest BCUT2D eigenvalue weighted by molar-refractivity contribution is 0.969. The topological polar surface area (TPSA) is 71.8 Å². The average Bonchev–Trinajstić information content (AvgIpc) is 2.66. The van der Waals surface area contributed by atoms with Gasteiger partial charge in [-0.1, -0.05) is 11.6 Å². The highest BCUT2D eigenvalue weighted by molar-refractivity contribution is 6.33. The Hall–Kier alpha value is -1.69. The van der Waals surface area contributed by atoms with Crippen LogP contribution in [0.25, 0.3) is 16.9 Å². The minimum Gasteiger partial charge on any atom is -0.341 e. The SMILES string of the molecule is Clc1nc2ncnn2c2nc[nH]c12. The highest BCUT2D eigenvalue weighted by Crippen LogP contribution is 2.17. The maximum atomic E-state index is 5.87. The van der Waals surface area contributed by atoms with Crippen molar-refractivity contribution in [3.63, 3.8) is 0 Å². The van der Waals surface area contributed by atoms with Crippen molar-refractivity contribution in [3.05, 3.63) is 17.8 Å². The summed E-state index contributed by atoms with van der Waals surface area (Å²) in [5, 5.41) is 4.32. The van der Waals surface area contributed by atoms with Crippen molar-refractivity contribution in [3.8, 4) is 0 Å². The van der Waals surface area contributed by atoms with E-state index in [-0.39, 0.29) is 0 Å². The molecule has 0 amide bonds. The predicted octanol–water partition coefficient (Wildman–Crippen LogP) is 0.654. The van der Waals surface area contributed by atoms with Crippen LogP contribution in [0.1, 0.15) is 0 Å². The summed E-state index contributed by atoms with van der Waals surface area (Å²) in [6.07, 6.45) is 2.95. The molecule has 3 rings (SSSR count). The molecule has 3 aromatic rings. The summed E-state index contributed by atoms with van der Waals surface area (Å²) in [6.45, 7) is 0. The molecule has 3 heterocycles. The molecule has 1 N–H and O–H groups in total. The molecule has 7 heteroatoms. The summed E-state index contributed by atoms with van der Waals surface area (Å²) >= 11 is 5.87. The number of halogens is 1. The highest BCUT2D eigenvalue weighted by Gasteiger charge is 2.09. The van der Waals surface area contributed by atoms with Gasteiger partial charge in [-0.05, 0) is 0 Å². The van der Waals surface area contributed by atoms with Gasteiger partial charge < -0.3 is 4.98 Å². The van der Waals surface area contributed by atoms with Crippen LogP contribution in [-0.4, -0.2) is 29.5 Å². The Morgan fingerprint density at radius 1 is 1.38 bits per heavy atom. The number of rotatable bonds is 0. The summed E-state index contributed by atoms with van der Waals surface area (Å²) in [6, 6.07) is 0. The molecule has 6 nitrogen and oxygen atoms in total. The van der Waals surface area contributed by atoms with Gasteiger partial charge >= 0.3 is 0 Å². The number of aromatic nitrogens is 6. The lowest BCUT2D eigenvalue weighted by atomic mass is 10.5. The first-order chi connectivity index (χ1) is 6.36. The minimum atomic E-state index is 0.355. The van der Waals surface area contributed by atoms with E-state index in [0.29, 0.717) is 22.1 Å². The number of H-pyrrole nitrogens is 1. The van der Waals surface area contributed by atoms with Crippen LogP contribution < -0.4 is 0 Å². The first kappa shape index (κ1) is 6.79. The van der Waals surface area contributed by atoms with Crippen molar-refractivity contribution in [2.75, 3.05) is 0 Å². The Balaban J connectivity index is 2.70. The number of nitrogens with zero attached hydrogens (tertiary/aromatic N) is 5. The smallest absolute Gasteiger partial charge is 0.255 e. The molecule has 0 aromatic carbocycles. The largest absolute Gasteiger partial charge is 0.341 e. The summed E-state index contributed by atoms with van der Waals surface area (Å²) < 4.78 is 1.53. The Morgan fingerprint density at radius 3 is 3.23 bits per heavy atom. The molecule has 0 spiro atoms. The molecular weight excluding hydrogens is 192 g/mol. The molecule has 0 saturated carbocycles. The zero-order valence-corrected chi connectivity index (χ0v) is 7.02. The number of aromatic amines is 1. The highest BCUT2D eigenvalue weighted by atomic mass is 35.5. The third-order valence-corrected chi connectivity index (χ3v) is 2.03. The van der Waals surface area contributed by atoms with E-state index in [0.717, 1.165) is 0 Å². The van der Waals surface area contributed by atoms with Gasteiger partial charge in [0.25, 0.3) is 5.78 Å². The number of imidazole rings is 1. The van der Waals surface area contributed by atoms with Crippen LogP contribution in [0.3, 0.4) is 0 Å². The molecule has 0 saturated heterocycles. The zero-order chi connectivity index (χ0) is 8.84. The summed E-state index contributed by atoms with van der Waals surface area (Å²) in [7, 11) is 0. The third-order valence-electron chi connectivity index (χ3n) is 1.75. The Morgan fingerprint density at radius 2 is 2.31 bits per heavy atom. The number of nitrogens with one attached hydrogen (secondary N) is 1. The maximum absolute atomic E-state index is 5.87. The van der Waals surface area contributed by atoms with E-state index in [1.165, 1.54) is 10.8 Å². The second kappa shape index (κ2) is 2.17. The molecule has 0 fully saturated rings. The van der Waals surface area contributed by atoms with Crippen molar-refractivity contribution in [1.82, 2.24) is 29.5 Å². The maximum Gasteiger partial charge on any atom is 0.255 e. The first-order valence-corrected chi connectivity index (χ1v) is 3.92. The second-order valence-corrected chi connectivity index (χ2v) is 2.83. The van der Waals surface area contributed by atoms with Crippen LogP contribution in [0.2, 0.25) is 5.15 Å². The molecule has 13 heavy (non-hydrogen) atoms. The standard InChI is InChI=1S/C6H3ClN6/c7-4-3-5(9-1-8-3)13-6(12-4)10-2-11-13/h1-2H,(H,8,9). The van der Waals surface area contributed by atoms with Crippen LogP contribution in [0.15, 0.2) is 12.7 Å². The molecule has 0 unspecified atom stereocenters. The molecular formula is C6H3ClN6. The normalized spacial score (nSPS) is 11.5. The van der Waals surface area contributed by atoms with E-state index < -0.39 is 0 Å². The van der Waals surface area contributed by atoms with Gasteiger partial charge in [0.15, 0.2) is 10.8 Å². The van der Waals surface area contributed by atoms with Crippen LogP contribution in [0.4, 0.5) is 0 Å². The van der Waals surface area contributed by atoms with E-state index >= 15 is 0 Å². The molecule has 64 valence electrons. The summed E-state index contributed by atoms with van der Waals surface area (Å²) in [4.78, 5) is 14.9. The molecule has 0 aliphatic carbocycles. The molecule has 0 aliphatic rings. The fourth-order valence-electron chi connectivity index (χ4n) is 1.20. The van der Waals surface area contributed by atoms with Gasteiger partial charge in [-0.25, -0.2) is 4.98 Å². The van der Waals surface area contributed by atoms with Crippen molar-refractivity contribution in [2.24, 2.45) is 0 Å². The predicted molar refractivity (Wildman–Crippen MR) is 45.4 cm³/mol. The van der Waals surface area contributed by atoms with E-state index in [1.54, 1.807) is 6.33 Å². The number of hydrogen-bond donors (Lipinski definition) is 1. The lowest BCUT2D eigenvalue weighted by Gasteiger charge is -1.93. The van der Waals surface area contributed by atoms with Crippen LogP contribution >= 0.6 is 11.6 Å². The fourth-order valence-corrected chi connectivity index (χ4v) is 1.42. The van der Waals surface area contributed by atoms with Crippen molar-refractivity contribution in [2.45, 2.75) is 0 Å². The molecule has 0 bridgehead atoms. The first-order valence-electron chi connectivity index (χ1n) is 3.54. The molecule has 0 atom stereocenters. The molecule has 3 aromatic heterocycles. The van der Waals surface area contributed by atoms with E-state index in [4.69, 9.17) is 11.6 Å². The van der Waals surface area contributed by atoms with E-state index in [9.17, 15) is 0 Å². The zero-order valence-electron chi connectivity index (χ0n) is 6.27. The van der Waals surface area contributed by atoms with Gasteiger partial charge in [-0.2, -0.15) is 19.6 Å². The Kier molecular flexibility index (Phi) is 1.13. The van der Waals surface area contributed by atoms with Gasteiger partial charge in [0.05, 0.1) is 6.33 Å². The van der Waals surface area contributed by atoms with Crippen molar-refractivity contribution >= 4 is 28.5 Å². The fraction of sp³-hybridized carbons (Fsp3) is 0. The van der Waals surface area contributed by atoms with Crippen molar-refractivity contribution in [1.29, 1.82) is 0 Å². The molecule has 0 radical (unpaired) electrons. The third kappa shape index (κ3) is 0.775. The van der Waals surface area contributed by atoms with E-state index in [2.05, 4.69) is 25.0 Å².